The van der Waals surface area contributed by atoms with E-state index in [1.807, 2.05) is 39.0 Å². The van der Waals surface area contributed by atoms with Gasteiger partial charge in [-0.15, -0.1) is 0 Å². The molecule has 2 nitrogen and oxygen atoms in total. The molecule has 0 aromatic heterocycles. The fourth-order valence-electron chi connectivity index (χ4n) is 0.911. The van der Waals surface area contributed by atoms with Crippen molar-refractivity contribution in [1.82, 2.24) is 0 Å². The molecule has 0 heterocycles. The van der Waals surface area contributed by atoms with Crippen LogP contribution in [0.1, 0.15) is 25.0 Å². The maximum Gasteiger partial charge on any atom is 0.0359 e. The Balaban J connectivity index is 0.000000561. The summed E-state index contributed by atoms with van der Waals surface area (Å²) in [6.45, 7) is 6.55. The fraction of sp³-hybridized carbons (Fsp3) is 0.400. The molecule has 12 heavy (non-hydrogen) atoms. The van der Waals surface area contributed by atoms with Crippen LogP contribution in [-0.4, -0.2) is 0 Å². The van der Waals surface area contributed by atoms with Gasteiger partial charge in [-0.3, -0.25) is 0 Å². The molecule has 1 rings (SSSR count). The molecule has 0 fully saturated rings. The van der Waals surface area contributed by atoms with Gasteiger partial charge >= 0.3 is 0 Å². The first-order valence-corrected chi connectivity index (χ1v) is 4.29. The first-order valence-electron chi connectivity index (χ1n) is 4.29. The number of benzene rings is 1. The summed E-state index contributed by atoms with van der Waals surface area (Å²) in [5.41, 5.74) is 14.1. The van der Waals surface area contributed by atoms with Crippen LogP contribution in [0, 0.1) is 6.92 Å². The van der Waals surface area contributed by atoms with Gasteiger partial charge in [0.1, 0.15) is 0 Å². The van der Waals surface area contributed by atoms with Crippen molar-refractivity contribution >= 4 is 5.69 Å². The molecule has 0 spiro atoms. The molecule has 0 radical (unpaired) electrons. The largest absolute Gasteiger partial charge is 0.398 e. The van der Waals surface area contributed by atoms with Crippen LogP contribution in [0.4, 0.5) is 5.69 Å². The van der Waals surface area contributed by atoms with E-state index in [0.29, 0.717) is 6.54 Å². The van der Waals surface area contributed by atoms with Gasteiger partial charge in [0.2, 0.25) is 0 Å². The van der Waals surface area contributed by atoms with E-state index in [-0.39, 0.29) is 0 Å². The highest BCUT2D eigenvalue weighted by atomic mass is 14.6. The molecule has 0 atom stereocenters. The van der Waals surface area contributed by atoms with Crippen molar-refractivity contribution < 1.29 is 0 Å². The summed E-state index contributed by atoms with van der Waals surface area (Å²) < 4.78 is 0. The van der Waals surface area contributed by atoms with E-state index in [1.54, 1.807) is 0 Å². The van der Waals surface area contributed by atoms with E-state index in [2.05, 4.69) is 0 Å². The fourth-order valence-corrected chi connectivity index (χ4v) is 0.911. The SMILES string of the molecule is CC.Cc1ccc(N)c(CN)c1. The molecule has 1 aromatic rings. The van der Waals surface area contributed by atoms with E-state index in [4.69, 9.17) is 11.5 Å². The maximum absolute atomic E-state index is 5.62. The van der Waals surface area contributed by atoms with Crippen LogP contribution < -0.4 is 11.5 Å². The maximum atomic E-state index is 5.62. The Kier molecular flexibility index (Phi) is 5.13. The molecule has 0 saturated carbocycles. The predicted molar refractivity (Wildman–Crippen MR) is 54.8 cm³/mol. The summed E-state index contributed by atoms with van der Waals surface area (Å²) in [5, 5.41) is 0. The zero-order valence-corrected chi connectivity index (χ0v) is 8.09. The lowest BCUT2D eigenvalue weighted by molar-refractivity contribution is 1.07. The lowest BCUT2D eigenvalue weighted by atomic mass is 10.1. The lowest BCUT2D eigenvalue weighted by Gasteiger charge is -2.02. The summed E-state index contributed by atoms with van der Waals surface area (Å²) in [6.07, 6.45) is 0. The van der Waals surface area contributed by atoms with Gasteiger partial charge in [-0.05, 0) is 18.6 Å². The van der Waals surface area contributed by atoms with Gasteiger partial charge in [-0.1, -0.05) is 31.5 Å². The molecule has 1 aromatic carbocycles. The quantitative estimate of drug-likeness (QED) is 0.627. The van der Waals surface area contributed by atoms with Crippen molar-refractivity contribution in [3.63, 3.8) is 0 Å². The number of hydrogen-bond donors (Lipinski definition) is 2. The zero-order chi connectivity index (χ0) is 9.56. The monoisotopic (exact) mass is 166 g/mol. The number of hydrogen-bond acceptors (Lipinski definition) is 2. The van der Waals surface area contributed by atoms with Gasteiger partial charge in [0.15, 0.2) is 0 Å². The van der Waals surface area contributed by atoms with E-state index >= 15 is 0 Å². The van der Waals surface area contributed by atoms with Crippen LogP contribution in [0.3, 0.4) is 0 Å². The molecule has 0 unspecified atom stereocenters. The lowest BCUT2D eigenvalue weighted by Crippen LogP contribution is -2.01. The summed E-state index contributed by atoms with van der Waals surface area (Å²) in [4.78, 5) is 0. The van der Waals surface area contributed by atoms with Crippen LogP contribution in [0.15, 0.2) is 18.2 Å². The molecule has 2 heteroatoms. The third-order valence-electron chi connectivity index (χ3n) is 1.52. The Morgan fingerprint density at radius 2 is 1.83 bits per heavy atom. The topological polar surface area (TPSA) is 52.0 Å². The number of anilines is 1. The molecule has 0 amide bonds. The molecule has 0 aliphatic heterocycles. The van der Waals surface area contributed by atoms with Crippen LogP contribution in [0.2, 0.25) is 0 Å². The number of aryl methyl sites for hydroxylation is 1. The summed E-state index contributed by atoms with van der Waals surface area (Å²) >= 11 is 0. The van der Waals surface area contributed by atoms with Gasteiger partial charge in [0, 0.05) is 12.2 Å². The minimum absolute atomic E-state index is 0.521. The summed E-state index contributed by atoms with van der Waals surface area (Å²) in [5.74, 6) is 0. The number of nitrogen functional groups attached to an aromatic ring is 1. The van der Waals surface area contributed by atoms with Gasteiger partial charge in [0.25, 0.3) is 0 Å². The highest BCUT2D eigenvalue weighted by molar-refractivity contribution is 5.48. The second kappa shape index (κ2) is 5.61. The predicted octanol–water partition coefficient (Wildman–Crippen LogP) is 2.06. The molecule has 0 aliphatic carbocycles. The minimum Gasteiger partial charge on any atom is -0.398 e. The van der Waals surface area contributed by atoms with E-state index in [0.717, 1.165) is 11.3 Å². The van der Waals surface area contributed by atoms with Crippen LogP contribution in [-0.2, 0) is 6.54 Å². The van der Waals surface area contributed by atoms with E-state index in [1.165, 1.54) is 5.56 Å². The average molecular weight is 166 g/mol. The highest BCUT2D eigenvalue weighted by Gasteiger charge is 1.94. The van der Waals surface area contributed by atoms with Gasteiger partial charge in [0.05, 0.1) is 0 Å². The molecule has 0 bridgehead atoms. The Labute approximate surface area is 74.6 Å². The molecule has 4 N–H and O–H groups in total. The molecular formula is C10H18N2. The van der Waals surface area contributed by atoms with Gasteiger partial charge < -0.3 is 11.5 Å². The number of rotatable bonds is 1. The van der Waals surface area contributed by atoms with Crippen molar-refractivity contribution in [2.45, 2.75) is 27.3 Å². The third-order valence-corrected chi connectivity index (χ3v) is 1.52. The summed E-state index contributed by atoms with van der Waals surface area (Å²) in [7, 11) is 0. The van der Waals surface area contributed by atoms with E-state index in [9.17, 15) is 0 Å². The van der Waals surface area contributed by atoms with Crippen molar-refractivity contribution in [3.05, 3.63) is 29.3 Å². The molecule has 68 valence electrons. The van der Waals surface area contributed by atoms with Crippen molar-refractivity contribution in [3.8, 4) is 0 Å². The zero-order valence-electron chi connectivity index (χ0n) is 8.09. The Hall–Kier alpha value is -1.02. The Bertz CT molecular complexity index is 231. The summed E-state index contributed by atoms with van der Waals surface area (Å²) in [6, 6.07) is 5.88. The Morgan fingerprint density at radius 3 is 2.25 bits per heavy atom. The number of nitrogens with two attached hydrogens (primary N) is 2. The third kappa shape index (κ3) is 2.93. The van der Waals surface area contributed by atoms with Gasteiger partial charge in [-0.2, -0.15) is 0 Å². The van der Waals surface area contributed by atoms with Crippen LogP contribution in [0.5, 0.6) is 0 Å². The van der Waals surface area contributed by atoms with Gasteiger partial charge in [-0.25, -0.2) is 0 Å². The Morgan fingerprint density at radius 1 is 1.25 bits per heavy atom. The second-order valence-corrected chi connectivity index (χ2v) is 2.41. The standard InChI is InChI=1S/C8H12N2.C2H6/c1-6-2-3-8(10)7(4-6)5-9;1-2/h2-4H,5,9-10H2,1H3;1-2H3. The molecule has 0 saturated heterocycles. The van der Waals surface area contributed by atoms with Crippen LogP contribution in [0.25, 0.3) is 0 Å². The second-order valence-electron chi connectivity index (χ2n) is 2.41. The first-order chi connectivity index (χ1) is 5.74. The average Bonchev–Trinajstić information content (AvgIpc) is 2.13. The van der Waals surface area contributed by atoms with Crippen molar-refractivity contribution in [2.24, 2.45) is 5.73 Å². The minimum atomic E-state index is 0.521. The van der Waals surface area contributed by atoms with E-state index < -0.39 is 0 Å². The highest BCUT2D eigenvalue weighted by Crippen LogP contribution is 2.11. The molecular weight excluding hydrogens is 148 g/mol. The smallest absolute Gasteiger partial charge is 0.0359 e. The van der Waals surface area contributed by atoms with Crippen molar-refractivity contribution in [2.75, 3.05) is 5.73 Å². The normalized spacial score (nSPS) is 8.67. The first kappa shape index (κ1) is 11.0. The molecule has 0 aliphatic rings. The van der Waals surface area contributed by atoms with Crippen molar-refractivity contribution in [1.29, 1.82) is 0 Å². The van der Waals surface area contributed by atoms with Crippen LogP contribution >= 0.6 is 0 Å².